The van der Waals surface area contributed by atoms with E-state index in [1.165, 1.54) is 0 Å². The molecular formula is C17H14Cl3N3O. The standard InChI is InChI=1S/C17H14Cl3N3O/c1-23(9-11-2-5-14(19)15(20)6-11)10-17(24)22-16-7-13(18)4-3-12(16)8-21/h2-7H,9-10H2,1H3,(H,22,24). The molecule has 0 aliphatic rings. The quantitative estimate of drug-likeness (QED) is 0.823. The molecule has 0 heterocycles. The fourth-order valence-electron chi connectivity index (χ4n) is 2.16. The van der Waals surface area contributed by atoms with Crippen LogP contribution in [0.2, 0.25) is 15.1 Å². The number of halogens is 3. The minimum absolute atomic E-state index is 0.150. The minimum Gasteiger partial charge on any atom is -0.324 e. The molecule has 0 fully saturated rings. The van der Waals surface area contributed by atoms with Gasteiger partial charge in [-0.2, -0.15) is 5.26 Å². The molecule has 1 amide bonds. The molecule has 2 aromatic rings. The largest absolute Gasteiger partial charge is 0.324 e. The summed E-state index contributed by atoms with van der Waals surface area (Å²) in [5.41, 5.74) is 1.71. The molecule has 24 heavy (non-hydrogen) atoms. The Hall–Kier alpha value is -1.77. The van der Waals surface area contributed by atoms with Gasteiger partial charge in [0.2, 0.25) is 5.91 Å². The number of amides is 1. The molecule has 2 aromatic carbocycles. The van der Waals surface area contributed by atoms with E-state index < -0.39 is 0 Å². The highest BCUT2D eigenvalue weighted by atomic mass is 35.5. The Kier molecular flexibility index (Phi) is 6.47. The van der Waals surface area contributed by atoms with Crippen LogP contribution < -0.4 is 5.32 Å². The van der Waals surface area contributed by atoms with Gasteiger partial charge >= 0.3 is 0 Å². The first-order valence-corrected chi connectivity index (χ1v) is 8.14. The number of anilines is 1. The van der Waals surface area contributed by atoms with Crippen LogP contribution in [0.4, 0.5) is 5.69 Å². The van der Waals surface area contributed by atoms with E-state index in [9.17, 15) is 4.79 Å². The fraction of sp³-hybridized carbons (Fsp3) is 0.176. The van der Waals surface area contributed by atoms with Gasteiger partial charge in [-0.25, -0.2) is 0 Å². The normalized spacial score (nSPS) is 10.5. The Morgan fingerprint density at radius 3 is 2.58 bits per heavy atom. The lowest BCUT2D eigenvalue weighted by molar-refractivity contribution is -0.117. The second-order valence-corrected chi connectivity index (χ2v) is 6.52. The topological polar surface area (TPSA) is 56.1 Å². The van der Waals surface area contributed by atoms with Crippen molar-refractivity contribution in [3.8, 4) is 6.07 Å². The maximum Gasteiger partial charge on any atom is 0.238 e. The maximum absolute atomic E-state index is 12.2. The molecule has 0 radical (unpaired) electrons. The molecule has 0 aromatic heterocycles. The van der Waals surface area contributed by atoms with Crippen molar-refractivity contribution in [1.29, 1.82) is 5.26 Å². The molecule has 4 nitrogen and oxygen atoms in total. The number of carbonyl (C=O) groups is 1. The molecule has 2 rings (SSSR count). The predicted octanol–water partition coefficient (Wildman–Crippen LogP) is 4.59. The summed E-state index contributed by atoms with van der Waals surface area (Å²) in [5.74, 6) is -0.240. The van der Waals surface area contributed by atoms with E-state index in [1.807, 2.05) is 24.1 Å². The Labute approximate surface area is 155 Å². The molecule has 0 aliphatic carbocycles. The summed E-state index contributed by atoms with van der Waals surface area (Å²) < 4.78 is 0. The lowest BCUT2D eigenvalue weighted by Gasteiger charge is -2.17. The third kappa shape index (κ3) is 5.12. The highest BCUT2D eigenvalue weighted by Crippen LogP contribution is 2.23. The molecule has 124 valence electrons. The van der Waals surface area contributed by atoms with Crippen LogP contribution in [0.25, 0.3) is 0 Å². The number of rotatable bonds is 5. The van der Waals surface area contributed by atoms with Crippen LogP contribution in [-0.2, 0) is 11.3 Å². The van der Waals surface area contributed by atoms with Crippen LogP contribution in [-0.4, -0.2) is 24.4 Å². The van der Waals surface area contributed by atoms with Crippen molar-refractivity contribution in [2.75, 3.05) is 18.9 Å². The summed E-state index contributed by atoms with van der Waals surface area (Å²) in [4.78, 5) is 14.0. The number of hydrogen-bond donors (Lipinski definition) is 1. The fourth-order valence-corrected chi connectivity index (χ4v) is 2.65. The first-order valence-electron chi connectivity index (χ1n) is 7.01. The van der Waals surface area contributed by atoms with Crippen molar-refractivity contribution in [3.05, 3.63) is 62.6 Å². The van der Waals surface area contributed by atoms with Crippen LogP contribution >= 0.6 is 34.8 Å². The van der Waals surface area contributed by atoms with Crippen molar-refractivity contribution in [2.24, 2.45) is 0 Å². The molecule has 7 heteroatoms. The van der Waals surface area contributed by atoms with Gasteiger partial charge in [0.05, 0.1) is 27.8 Å². The van der Waals surface area contributed by atoms with Crippen LogP contribution in [0.1, 0.15) is 11.1 Å². The van der Waals surface area contributed by atoms with E-state index in [-0.39, 0.29) is 12.5 Å². The predicted molar refractivity (Wildman–Crippen MR) is 97.6 cm³/mol. The number of nitrogens with zero attached hydrogens (tertiary/aromatic N) is 2. The lowest BCUT2D eigenvalue weighted by atomic mass is 10.2. The zero-order chi connectivity index (χ0) is 17.7. The molecule has 0 saturated heterocycles. The number of likely N-dealkylation sites (N-methyl/N-ethyl adjacent to an activating group) is 1. The summed E-state index contributed by atoms with van der Waals surface area (Å²) in [6, 6.07) is 12.1. The summed E-state index contributed by atoms with van der Waals surface area (Å²) in [6.07, 6.45) is 0. The zero-order valence-corrected chi connectivity index (χ0v) is 15.1. The first kappa shape index (κ1) is 18.6. The molecule has 1 N–H and O–H groups in total. The summed E-state index contributed by atoms with van der Waals surface area (Å²) in [6.45, 7) is 0.683. The van der Waals surface area contributed by atoms with Crippen LogP contribution in [0.15, 0.2) is 36.4 Å². The average molecular weight is 383 g/mol. The highest BCUT2D eigenvalue weighted by Gasteiger charge is 2.11. The third-order valence-corrected chi connectivity index (χ3v) is 4.20. The number of benzene rings is 2. The average Bonchev–Trinajstić information content (AvgIpc) is 2.51. The highest BCUT2D eigenvalue weighted by molar-refractivity contribution is 6.42. The molecule has 0 bridgehead atoms. The van der Waals surface area contributed by atoms with Crippen molar-refractivity contribution < 1.29 is 4.79 Å². The van der Waals surface area contributed by atoms with Gasteiger partial charge in [0.15, 0.2) is 0 Å². The van der Waals surface area contributed by atoms with Crippen LogP contribution in [0.3, 0.4) is 0 Å². The van der Waals surface area contributed by atoms with E-state index >= 15 is 0 Å². The number of hydrogen-bond acceptors (Lipinski definition) is 3. The second kappa shape index (κ2) is 8.36. The molecule has 0 unspecified atom stereocenters. The molecular weight excluding hydrogens is 369 g/mol. The smallest absolute Gasteiger partial charge is 0.238 e. The Balaban J connectivity index is 1.98. The molecule has 0 atom stereocenters. The molecule has 0 spiro atoms. The van der Waals surface area contributed by atoms with E-state index in [4.69, 9.17) is 40.1 Å². The first-order chi connectivity index (χ1) is 11.4. The van der Waals surface area contributed by atoms with Gasteiger partial charge in [-0.15, -0.1) is 0 Å². The Bertz CT molecular complexity index is 802. The number of carbonyl (C=O) groups excluding carboxylic acids is 1. The lowest BCUT2D eigenvalue weighted by Crippen LogP contribution is -2.30. The van der Waals surface area contributed by atoms with E-state index in [0.29, 0.717) is 32.9 Å². The van der Waals surface area contributed by atoms with Gasteiger partial charge in [0, 0.05) is 11.6 Å². The van der Waals surface area contributed by atoms with E-state index in [2.05, 4.69) is 5.32 Å². The Morgan fingerprint density at radius 1 is 1.17 bits per heavy atom. The van der Waals surface area contributed by atoms with Gasteiger partial charge in [0.25, 0.3) is 0 Å². The summed E-state index contributed by atoms with van der Waals surface area (Å²) >= 11 is 17.8. The monoisotopic (exact) mass is 381 g/mol. The summed E-state index contributed by atoms with van der Waals surface area (Å²) in [5, 5.41) is 13.2. The van der Waals surface area contributed by atoms with Crippen LogP contribution in [0, 0.1) is 11.3 Å². The van der Waals surface area contributed by atoms with Crippen molar-refractivity contribution >= 4 is 46.4 Å². The van der Waals surface area contributed by atoms with Gasteiger partial charge in [-0.3, -0.25) is 9.69 Å². The number of nitriles is 1. The van der Waals surface area contributed by atoms with Crippen molar-refractivity contribution in [3.63, 3.8) is 0 Å². The minimum atomic E-state index is -0.240. The zero-order valence-electron chi connectivity index (χ0n) is 12.8. The SMILES string of the molecule is CN(CC(=O)Nc1cc(Cl)ccc1C#N)Cc1ccc(Cl)c(Cl)c1. The number of nitrogens with one attached hydrogen (secondary N) is 1. The van der Waals surface area contributed by atoms with Gasteiger partial charge in [-0.1, -0.05) is 40.9 Å². The van der Waals surface area contributed by atoms with Crippen LogP contribution in [0.5, 0.6) is 0 Å². The Morgan fingerprint density at radius 2 is 1.92 bits per heavy atom. The molecule has 0 saturated carbocycles. The van der Waals surface area contributed by atoms with E-state index in [0.717, 1.165) is 5.56 Å². The van der Waals surface area contributed by atoms with Crippen molar-refractivity contribution in [2.45, 2.75) is 6.54 Å². The summed E-state index contributed by atoms with van der Waals surface area (Å²) in [7, 11) is 1.81. The maximum atomic E-state index is 12.2. The molecule has 0 aliphatic heterocycles. The van der Waals surface area contributed by atoms with Gasteiger partial charge in [0.1, 0.15) is 6.07 Å². The van der Waals surface area contributed by atoms with Gasteiger partial charge in [-0.05, 0) is 42.9 Å². The second-order valence-electron chi connectivity index (χ2n) is 5.27. The van der Waals surface area contributed by atoms with Gasteiger partial charge < -0.3 is 5.32 Å². The van der Waals surface area contributed by atoms with Crippen molar-refractivity contribution in [1.82, 2.24) is 4.90 Å². The van der Waals surface area contributed by atoms with E-state index in [1.54, 1.807) is 30.3 Å². The third-order valence-electron chi connectivity index (χ3n) is 3.23.